The zero-order chi connectivity index (χ0) is 19.1. The number of para-hydroxylation sites is 1. The van der Waals surface area contributed by atoms with Crippen molar-refractivity contribution in [2.75, 3.05) is 19.5 Å². The minimum Gasteiger partial charge on any atom is -0.493 e. The van der Waals surface area contributed by atoms with Crippen LogP contribution in [0.3, 0.4) is 0 Å². The summed E-state index contributed by atoms with van der Waals surface area (Å²) in [6, 6.07) is 10.5. The van der Waals surface area contributed by atoms with Gasteiger partial charge in [0.1, 0.15) is 0 Å². The summed E-state index contributed by atoms with van der Waals surface area (Å²) in [7, 11) is 3.35. The molecule has 1 aliphatic rings. The number of hydrogen-bond donors (Lipinski definition) is 1. The van der Waals surface area contributed by atoms with Crippen LogP contribution in [0.15, 0.2) is 30.3 Å². The van der Waals surface area contributed by atoms with E-state index in [1.807, 2.05) is 0 Å². The summed E-state index contributed by atoms with van der Waals surface area (Å²) in [5.74, 6) is 2.41. The molecule has 0 saturated carbocycles. The Labute approximate surface area is 160 Å². The van der Waals surface area contributed by atoms with E-state index in [2.05, 4.69) is 61.0 Å². The first-order valence-corrected chi connectivity index (χ1v) is 9.19. The Hall–Kier alpha value is -2.95. The number of anilines is 2. The van der Waals surface area contributed by atoms with Crippen LogP contribution in [0.5, 0.6) is 11.5 Å². The fraction of sp³-hybridized carbons (Fsp3) is 0.318. The molecule has 1 N–H and O–H groups in total. The number of benzene rings is 2. The van der Waals surface area contributed by atoms with E-state index in [-0.39, 0.29) is 0 Å². The molecule has 140 valence electrons. The molecule has 5 heteroatoms. The van der Waals surface area contributed by atoms with Crippen molar-refractivity contribution in [3.8, 4) is 22.8 Å². The normalized spacial score (nSPS) is 12.3. The van der Waals surface area contributed by atoms with E-state index in [1.54, 1.807) is 14.2 Å². The highest BCUT2D eigenvalue weighted by Crippen LogP contribution is 2.41. The molecule has 0 spiro atoms. The molecule has 0 bridgehead atoms. The summed E-state index contributed by atoms with van der Waals surface area (Å²) in [5.41, 5.74) is 8.15. The number of ether oxygens (including phenoxy) is 2. The van der Waals surface area contributed by atoms with Gasteiger partial charge in [0.2, 0.25) is 5.95 Å². The predicted molar refractivity (Wildman–Crippen MR) is 108 cm³/mol. The van der Waals surface area contributed by atoms with Gasteiger partial charge in [-0.05, 0) is 56.0 Å². The number of aromatic nitrogens is 2. The summed E-state index contributed by atoms with van der Waals surface area (Å²) in [6.07, 6.45) is 0.930. The fourth-order valence-corrected chi connectivity index (χ4v) is 3.93. The highest BCUT2D eigenvalue weighted by Gasteiger charge is 2.25. The Morgan fingerprint density at radius 1 is 1.00 bits per heavy atom. The number of aryl methyl sites for hydroxylation is 4. The van der Waals surface area contributed by atoms with E-state index in [9.17, 15) is 0 Å². The molecule has 5 nitrogen and oxygen atoms in total. The van der Waals surface area contributed by atoms with Crippen LogP contribution in [0.2, 0.25) is 0 Å². The quantitative estimate of drug-likeness (QED) is 0.724. The number of nitrogens with zero attached hydrogens (tertiary/aromatic N) is 2. The number of imidazole rings is 1. The minimum atomic E-state index is 0.745. The third-order valence-electron chi connectivity index (χ3n) is 5.33. The van der Waals surface area contributed by atoms with Crippen molar-refractivity contribution in [3.05, 3.63) is 52.7 Å². The van der Waals surface area contributed by atoms with Gasteiger partial charge >= 0.3 is 0 Å². The largest absolute Gasteiger partial charge is 0.493 e. The average Bonchev–Trinajstić information content (AvgIpc) is 2.99. The predicted octanol–water partition coefficient (Wildman–Crippen LogP) is 4.79. The molecule has 4 rings (SSSR count). The van der Waals surface area contributed by atoms with E-state index >= 15 is 0 Å². The zero-order valence-electron chi connectivity index (χ0n) is 16.5. The van der Waals surface area contributed by atoms with E-state index in [4.69, 9.17) is 14.5 Å². The van der Waals surface area contributed by atoms with E-state index in [1.165, 1.54) is 22.3 Å². The van der Waals surface area contributed by atoms with Crippen molar-refractivity contribution in [1.82, 2.24) is 9.55 Å². The maximum atomic E-state index is 5.52. The van der Waals surface area contributed by atoms with Gasteiger partial charge in [-0.15, -0.1) is 0 Å². The summed E-state index contributed by atoms with van der Waals surface area (Å²) < 4.78 is 13.3. The molecule has 0 aliphatic carbocycles. The second-order valence-corrected chi connectivity index (χ2v) is 7.03. The Morgan fingerprint density at radius 2 is 1.67 bits per heavy atom. The lowest BCUT2D eigenvalue weighted by molar-refractivity contribution is 0.354. The second kappa shape index (κ2) is 6.65. The highest BCUT2D eigenvalue weighted by molar-refractivity contribution is 5.75. The third-order valence-corrected chi connectivity index (χ3v) is 5.33. The van der Waals surface area contributed by atoms with Crippen LogP contribution in [0.25, 0.3) is 11.3 Å². The molecule has 0 radical (unpaired) electrons. The van der Waals surface area contributed by atoms with Gasteiger partial charge in [0.25, 0.3) is 0 Å². The summed E-state index contributed by atoms with van der Waals surface area (Å²) in [5, 5.41) is 3.57. The average molecular weight is 363 g/mol. The topological polar surface area (TPSA) is 48.3 Å². The second-order valence-electron chi connectivity index (χ2n) is 7.03. The van der Waals surface area contributed by atoms with Crippen LogP contribution in [0, 0.1) is 20.8 Å². The first-order chi connectivity index (χ1) is 13.0. The van der Waals surface area contributed by atoms with Gasteiger partial charge in [0.15, 0.2) is 11.5 Å². The van der Waals surface area contributed by atoms with Crippen molar-refractivity contribution < 1.29 is 9.47 Å². The smallest absolute Gasteiger partial charge is 0.208 e. The number of hydrogen-bond acceptors (Lipinski definition) is 4. The molecule has 27 heavy (non-hydrogen) atoms. The Balaban J connectivity index is 1.82. The van der Waals surface area contributed by atoms with Crippen molar-refractivity contribution in [2.24, 2.45) is 0 Å². The molecular formula is C22H25N3O2. The van der Waals surface area contributed by atoms with Crippen molar-refractivity contribution >= 4 is 11.6 Å². The standard InChI is InChI=1S/C22H25N3O2/c1-13-7-6-8-14(2)20(13)24-22-23-15(3)21-17-12-19(27-5)18(26-4)11-16(17)9-10-25(21)22/h6-8,11-12H,9-10H2,1-5H3,(H,23,24). The molecule has 3 aromatic rings. The summed E-state index contributed by atoms with van der Waals surface area (Å²) in [4.78, 5) is 4.85. The van der Waals surface area contributed by atoms with Crippen LogP contribution < -0.4 is 14.8 Å². The molecule has 2 heterocycles. The number of nitrogens with one attached hydrogen (secondary N) is 1. The Kier molecular flexibility index (Phi) is 4.30. The molecule has 0 saturated heterocycles. The number of fused-ring (bicyclic) bond motifs is 3. The van der Waals surface area contributed by atoms with Crippen LogP contribution >= 0.6 is 0 Å². The molecule has 0 amide bonds. The van der Waals surface area contributed by atoms with Crippen LogP contribution in [-0.4, -0.2) is 23.8 Å². The van der Waals surface area contributed by atoms with E-state index in [0.29, 0.717) is 0 Å². The van der Waals surface area contributed by atoms with Crippen LogP contribution in [0.1, 0.15) is 22.4 Å². The van der Waals surface area contributed by atoms with Crippen LogP contribution in [0.4, 0.5) is 11.6 Å². The van der Waals surface area contributed by atoms with Gasteiger partial charge in [-0.1, -0.05) is 18.2 Å². The van der Waals surface area contributed by atoms with Gasteiger partial charge in [0, 0.05) is 17.8 Å². The highest BCUT2D eigenvalue weighted by atomic mass is 16.5. The molecule has 2 aromatic carbocycles. The maximum absolute atomic E-state index is 5.52. The minimum absolute atomic E-state index is 0.745. The first-order valence-electron chi connectivity index (χ1n) is 9.19. The Morgan fingerprint density at radius 3 is 2.33 bits per heavy atom. The summed E-state index contributed by atoms with van der Waals surface area (Å²) in [6.45, 7) is 7.18. The molecule has 1 aliphatic heterocycles. The Bertz CT molecular complexity index is 1000. The number of methoxy groups -OCH3 is 2. The van der Waals surface area contributed by atoms with Crippen molar-refractivity contribution in [3.63, 3.8) is 0 Å². The van der Waals surface area contributed by atoms with Crippen molar-refractivity contribution in [2.45, 2.75) is 33.7 Å². The van der Waals surface area contributed by atoms with E-state index < -0.39 is 0 Å². The zero-order valence-corrected chi connectivity index (χ0v) is 16.5. The van der Waals surface area contributed by atoms with Gasteiger partial charge in [-0.3, -0.25) is 0 Å². The first kappa shape index (κ1) is 17.5. The monoisotopic (exact) mass is 363 g/mol. The van der Waals surface area contributed by atoms with Crippen molar-refractivity contribution in [1.29, 1.82) is 0 Å². The lowest BCUT2D eigenvalue weighted by Gasteiger charge is -2.23. The SMILES string of the molecule is COc1cc2c(cc1OC)-c1c(C)nc(Nc3c(C)cccc3C)n1CC2. The third kappa shape index (κ3) is 2.83. The fourth-order valence-electron chi connectivity index (χ4n) is 3.93. The molecule has 0 unspecified atom stereocenters. The molecule has 0 fully saturated rings. The van der Waals surface area contributed by atoms with Gasteiger partial charge in [0.05, 0.1) is 25.6 Å². The van der Waals surface area contributed by atoms with E-state index in [0.717, 1.165) is 47.5 Å². The summed E-state index contributed by atoms with van der Waals surface area (Å²) >= 11 is 0. The van der Waals surface area contributed by atoms with Gasteiger partial charge in [-0.25, -0.2) is 4.98 Å². The van der Waals surface area contributed by atoms with Gasteiger partial charge in [-0.2, -0.15) is 0 Å². The van der Waals surface area contributed by atoms with Crippen LogP contribution in [-0.2, 0) is 13.0 Å². The number of rotatable bonds is 4. The van der Waals surface area contributed by atoms with Gasteiger partial charge < -0.3 is 19.4 Å². The molecule has 1 aromatic heterocycles. The lowest BCUT2D eigenvalue weighted by atomic mass is 9.96. The lowest BCUT2D eigenvalue weighted by Crippen LogP contribution is -2.14. The molecule has 0 atom stereocenters. The maximum Gasteiger partial charge on any atom is 0.208 e. The molecular weight excluding hydrogens is 338 g/mol.